The van der Waals surface area contributed by atoms with Gasteiger partial charge in [0.2, 0.25) is 0 Å². The molecular weight excluding hydrogens is 346 g/mol. The molecule has 0 radical (unpaired) electrons. The van der Waals surface area contributed by atoms with Gasteiger partial charge in [-0.2, -0.15) is 0 Å². The van der Waals surface area contributed by atoms with Gasteiger partial charge in [-0.25, -0.2) is 4.98 Å². The number of thiazole rings is 1. The summed E-state index contributed by atoms with van der Waals surface area (Å²) in [7, 11) is 0. The molecule has 3 rings (SSSR count). The van der Waals surface area contributed by atoms with Crippen LogP contribution < -0.4 is 5.32 Å². The lowest BCUT2D eigenvalue weighted by Gasteiger charge is -2.07. The monoisotopic (exact) mass is 359 g/mol. The zero-order valence-corrected chi connectivity index (χ0v) is 14.3. The van der Waals surface area contributed by atoms with Gasteiger partial charge < -0.3 is 0 Å². The maximum absolute atomic E-state index is 12.5. The molecular formula is C16H13N3O3S2. The number of carbonyl (C=O) groups excluding carboxylic acids is 1. The molecule has 0 atom stereocenters. The van der Waals surface area contributed by atoms with Crippen molar-refractivity contribution in [2.75, 3.05) is 11.1 Å². The summed E-state index contributed by atoms with van der Waals surface area (Å²) in [5.74, 6) is 0.634. The minimum atomic E-state index is -0.449. The first kappa shape index (κ1) is 16.4. The van der Waals surface area contributed by atoms with Crippen molar-refractivity contribution >= 4 is 50.0 Å². The number of fused-ring (bicyclic) bond motifs is 1. The predicted octanol–water partition coefficient (Wildman–Crippen LogP) is 4.57. The summed E-state index contributed by atoms with van der Waals surface area (Å²) in [5, 5.41) is 14.0. The molecule has 0 saturated heterocycles. The number of anilines is 1. The van der Waals surface area contributed by atoms with Crippen LogP contribution in [0.2, 0.25) is 0 Å². The molecule has 1 N–H and O–H groups in total. The van der Waals surface area contributed by atoms with E-state index >= 15 is 0 Å². The van der Waals surface area contributed by atoms with E-state index in [-0.39, 0.29) is 11.6 Å². The highest BCUT2D eigenvalue weighted by molar-refractivity contribution is 7.99. The lowest BCUT2D eigenvalue weighted by Crippen LogP contribution is -2.12. The molecule has 122 valence electrons. The summed E-state index contributed by atoms with van der Waals surface area (Å²) in [6.07, 6.45) is 0. The number of aromatic nitrogens is 1. The van der Waals surface area contributed by atoms with Gasteiger partial charge in [-0.1, -0.05) is 30.4 Å². The Balaban J connectivity index is 1.87. The van der Waals surface area contributed by atoms with Crippen molar-refractivity contribution in [2.45, 2.75) is 11.8 Å². The first-order valence-corrected chi connectivity index (χ1v) is 8.97. The van der Waals surface area contributed by atoms with Gasteiger partial charge in [-0.15, -0.1) is 11.8 Å². The number of thioether (sulfide) groups is 1. The van der Waals surface area contributed by atoms with Crippen molar-refractivity contribution < 1.29 is 9.72 Å². The topological polar surface area (TPSA) is 85.1 Å². The number of non-ortho nitro benzene ring substituents is 1. The van der Waals surface area contributed by atoms with Gasteiger partial charge in [0.15, 0.2) is 5.13 Å². The molecule has 0 fully saturated rings. The molecule has 8 heteroatoms. The fourth-order valence-corrected chi connectivity index (χ4v) is 3.88. The number of nitrogens with one attached hydrogen (secondary N) is 1. The molecule has 24 heavy (non-hydrogen) atoms. The van der Waals surface area contributed by atoms with Crippen molar-refractivity contribution in [3.8, 4) is 0 Å². The van der Waals surface area contributed by atoms with E-state index in [0.29, 0.717) is 20.9 Å². The zero-order valence-electron chi connectivity index (χ0n) is 12.7. The van der Waals surface area contributed by atoms with Crippen LogP contribution in [0.5, 0.6) is 0 Å². The first-order valence-electron chi connectivity index (χ1n) is 7.16. The highest BCUT2D eigenvalue weighted by atomic mass is 32.2. The van der Waals surface area contributed by atoms with Gasteiger partial charge in [0.05, 0.1) is 20.7 Å². The molecule has 0 saturated carbocycles. The minimum absolute atomic E-state index is 0.00807. The average molecular weight is 359 g/mol. The maximum atomic E-state index is 12.5. The smallest absolute Gasteiger partial charge is 0.270 e. The molecule has 3 aromatic rings. The van der Waals surface area contributed by atoms with Crippen molar-refractivity contribution in [1.29, 1.82) is 0 Å². The molecule has 2 aromatic carbocycles. The normalized spacial score (nSPS) is 10.7. The zero-order chi connectivity index (χ0) is 17.1. The highest BCUT2D eigenvalue weighted by Gasteiger charge is 2.15. The highest BCUT2D eigenvalue weighted by Crippen LogP contribution is 2.30. The van der Waals surface area contributed by atoms with Gasteiger partial charge in [0.25, 0.3) is 11.6 Å². The quantitative estimate of drug-likeness (QED) is 0.410. The Hall–Kier alpha value is -2.45. The van der Waals surface area contributed by atoms with Crippen molar-refractivity contribution in [2.24, 2.45) is 0 Å². The number of amides is 1. The Bertz CT molecular complexity index is 924. The molecule has 1 aromatic heterocycles. The van der Waals surface area contributed by atoms with Gasteiger partial charge in [0.1, 0.15) is 0 Å². The van der Waals surface area contributed by atoms with Crippen LogP contribution >= 0.6 is 23.1 Å². The third-order valence-corrected chi connectivity index (χ3v) is 5.12. The standard InChI is InChI=1S/C16H13N3O3S2/c1-2-23-13-6-4-3-5-11(13)15(20)18-16-17-12-8-7-10(19(21)22)9-14(12)24-16/h3-9H,2H2,1H3,(H,17,18,20). The lowest BCUT2D eigenvalue weighted by atomic mass is 10.2. The Labute approximate surface area is 146 Å². The van der Waals surface area contributed by atoms with Crippen LogP contribution in [0.3, 0.4) is 0 Å². The minimum Gasteiger partial charge on any atom is -0.298 e. The molecule has 0 unspecified atom stereocenters. The number of nitro benzene ring substituents is 1. The van der Waals surface area contributed by atoms with E-state index < -0.39 is 4.92 Å². The van der Waals surface area contributed by atoms with E-state index in [0.717, 1.165) is 10.6 Å². The summed E-state index contributed by atoms with van der Waals surface area (Å²) in [6, 6.07) is 11.8. The second kappa shape index (κ2) is 6.98. The summed E-state index contributed by atoms with van der Waals surface area (Å²) in [5.41, 5.74) is 1.22. The van der Waals surface area contributed by atoms with E-state index in [2.05, 4.69) is 10.3 Å². The fourth-order valence-electron chi connectivity index (χ4n) is 2.18. The number of hydrogen-bond acceptors (Lipinski definition) is 6. The summed E-state index contributed by atoms with van der Waals surface area (Å²) in [4.78, 5) is 28.1. The molecule has 0 aliphatic rings. The van der Waals surface area contributed by atoms with Crippen LogP contribution in [-0.4, -0.2) is 21.6 Å². The number of hydrogen-bond donors (Lipinski definition) is 1. The number of nitro groups is 1. The average Bonchev–Trinajstić information content (AvgIpc) is 2.96. The van der Waals surface area contributed by atoms with Crippen LogP contribution in [-0.2, 0) is 0 Å². The van der Waals surface area contributed by atoms with Crippen LogP contribution in [0, 0.1) is 10.1 Å². The molecule has 1 heterocycles. The first-order chi connectivity index (χ1) is 11.6. The summed E-state index contributed by atoms with van der Waals surface area (Å²) >= 11 is 2.81. The Morgan fingerprint density at radius 1 is 1.33 bits per heavy atom. The Morgan fingerprint density at radius 3 is 2.88 bits per heavy atom. The Kier molecular flexibility index (Phi) is 4.77. The Morgan fingerprint density at radius 2 is 2.12 bits per heavy atom. The summed E-state index contributed by atoms with van der Waals surface area (Å²) < 4.78 is 0.663. The van der Waals surface area contributed by atoms with E-state index in [1.807, 2.05) is 25.1 Å². The molecule has 1 amide bonds. The fraction of sp³-hybridized carbons (Fsp3) is 0.125. The van der Waals surface area contributed by atoms with Crippen LogP contribution in [0.4, 0.5) is 10.8 Å². The van der Waals surface area contributed by atoms with Crippen LogP contribution in [0.15, 0.2) is 47.4 Å². The van der Waals surface area contributed by atoms with Crippen molar-refractivity contribution in [3.63, 3.8) is 0 Å². The predicted molar refractivity (Wildman–Crippen MR) is 97.1 cm³/mol. The van der Waals surface area contributed by atoms with E-state index in [1.54, 1.807) is 23.9 Å². The second-order valence-corrected chi connectivity index (χ2v) is 7.15. The van der Waals surface area contributed by atoms with E-state index in [1.165, 1.54) is 23.5 Å². The largest absolute Gasteiger partial charge is 0.298 e. The second-order valence-electron chi connectivity index (χ2n) is 4.81. The van der Waals surface area contributed by atoms with Crippen molar-refractivity contribution in [1.82, 2.24) is 4.98 Å². The molecule has 0 aliphatic heterocycles. The maximum Gasteiger partial charge on any atom is 0.270 e. The van der Waals surface area contributed by atoms with Crippen LogP contribution in [0.1, 0.15) is 17.3 Å². The van der Waals surface area contributed by atoms with Gasteiger partial charge in [0, 0.05) is 17.0 Å². The third-order valence-electron chi connectivity index (χ3n) is 3.23. The van der Waals surface area contributed by atoms with Gasteiger partial charge >= 0.3 is 0 Å². The van der Waals surface area contributed by atoms with E-state index in [9.17, 15) is 14.9 Å². The number of carbonyl (C=O) groups is 1. The van der Waals surface area contributed by atoms with E-state index in [4.69, 9.17) is 0 Å². The lowest BCUT2D eigenvalue weighted by molar-refractivity contribution is -0.384. The van der Waals surface area contributed by atoms with Crippen LogP contribution in [0.25, 0.3) is 10.2 Å². The summed E-state index contributed by atoms with van der Waals surface area (Å²) in [6.45, 7) is 2.03. The SMILES string of the molecule is CCSc1ccccc1C(=O)Nc1nc2ccc([N+](=O)[O-])cc2s1. The molecule has 0 bridgehead atoms. The molecule has 0 aliphatic carbocycles. The number of rotatable bonds is 5. The molecule has 0 spiro atoms. The van der Waals surface area contributed by atoms with Crippen molar-refractivity contribution in [3.05, 3.63) is 58.1 Å². The van der Waals surface area contributed by atoms with Gasteiger partial charge in [-0.05, 0) is 24.0 Å². The van der Waals surface area contributed by atoms with Gasteiger partial charge in [-0.3, -0.25) is 20.2 Å². The number of nitrogens with zero attached hydrogens (tertiary/aromatic N) is 2. The molecule has 6 nitrogen and oxygen atoms in total. The third kappa shape index (κ3) is 3.39. The number of benzene rings is 2.